The van der Waals surface area contributed by atoms with E-state index in [0.29, 0.717) is 17.4 Å². The minimum atomic E-state index is -0.0416. The fourth-order valence-corrected chi connectivity index (χ4v) is 3.66. The normalized spacial score (nSPS) is 11.7. The highest BCUT2D eigenvalue weighted by molar-refractivity contribution is 6.14. The molecule has 0 atom stereocenters. The van der Waals surface area contributed by atoms with Gasteiger partial charge in [0, 0.05) is 41.3 Å². The number of para-hydroxylation sites is 1. The van der Waals surface area contributed by atoms with Gasteiger partial charge in [-0.15, -0.1) is 0 Å². The average molecular weight is 326 g/mol. The number of fused-ring (bicyclic) bond motifs is 3. The molecule has 0 amide bonds. The van der Waals surface area contributed by atoms with E-state index >= 15 is 0 Å². The second kappa shape index (κ2) is 5.05. The summed E-state index contributed by atoms with van der Waals surface area (Å²) >= 11 is 0. The number of aromatic nitrogens is 2. The molecule has 4 heteroatoms. The Hall–Kier alpha value is -3.40. The van der Waals surface area contributed by atoms with Gasteiger partial charge in [-0.05, 0) is 29.8 Å². The molecule has 0 saturated heterocycles. The van der Waals surface area contributed by atoms with Crippen LogP contribution in [-0.2, 0) is 6.42 Å². The van der Waals surface area contributed by atoms with Crippen LogP contribution >= 0.6 is 0 Å². The summed E-state index contributed by atoms with van der Waals surface area (Å²) in [6, 6.07) is 15.1. The van der Waals surface area contributed by atoms with Crippen molar-refractivity contribution in [2.45, 2.75) is 6.42 Å². The molecule has 0 aliphatic heterocycles. The van der Waals surface area contributed by atoms with Crippen molar-refractivity contribution in [3.8, 4) is 5.75 Å². The Balaban J connectivity index is 1.91. The minimum Gasteiger partial charge on any atom is -0.508 e. The van der Waals surface area contributed by atoms with E-state index in [1.54, 1.807) is 24.5 Å². The van der Waals surface area contributed by atoms with Gasteiger partial charge in [0.1, 0.15) is 5.75 Å². The highest BCUT2D eigenvalue weighted by atomic mass is 16.3. The Bertz CT molecular complexity index is 1290. The number of hydrogen-bond donors (Lipinski definition) is 1. The summed E-state index contributed by atoms with van der Waals surface area (Å²) in [5.74, 6) is 0.112. The molecule has 0 unspecified atom stereocenters. The number of benzene rings is 2. The molecule has 3 heterocycles. The van der Waals surface area contributed by atoms with Crippen LogP contribution in [0.25, 0.3) is 27.2 Å². The van der Waals surface area contributed by atoms with Crippen LogP contribution in [0.15, 0.2) is 71.9 Å². The van der Waals surface area contributed by atoms with E-state index < -0.39 is 0 Å². The molecule has 0 radical (unpaired) electrons. The quantitative estimate of drug-likeness (QED) is 0.538. The molecule has 120 valence electrons. The van der Waals surface area contributed by atoms with Crippen molar-refractivity contribution in [3.05, 3.63) is 88.5 Å². The number of aromatic hydroxyl groups is 1. The minimum absolute atomic E-state index is 0.0416. The SMILES string of the molecule is O=c1c(Cc2cccnc2)cn2c3ccccc3c3cc(O)cc1c32. The maximum absolute atomic E-state index is 13.0. The number of pyridine rings is 2. The third-order valence-electron chi connectivity index (χ3n) is 4.73. The van der Waals surface area contributed by atoms with Gasteiger partial charge in [-0.25, -0.2) is 0 Å². The van der Waals surface area contributed by atoms with Crippen LogP contribution in [0, 0.1) is 0 Å². The Morgan fingerprint density at radius 1 is 1.00 bits per heavy atom. The van der Waals surface area contributed by atoms with E-state index in [9.17, 15) is 9.90 Å². The molecule has 4 nitrogen and oxygen atoms in total. The van der Waals surface area contributed by atoms with Crippen LogP contribution in [0.2, 0.25) is 0 Å². The molecule has 0 saturated carbocycles. The maximum Gasteiger partial charge on any atom is 0.193 e. The largest absolute Gasteiger partial charge is 0.508 e. The molecule has 0 aliphatic rings. The highest BCUT2D eigenvalue weighted by Gasteiger charge is 2.16. The smallest absolute Gasteiger partial charge is 0.193 e. The van der Waals surface area contributed by atoms with Crippen LogP contribution in [0.5, 0.6) is 5.75 Å². The van der Waals surface area contributed by atoms with Crippen molar-refractivity contribution in [3.63, 3.8) is 0 Å². The average Bonchev–Trinajstić information content (AvgIpc) is 2.94. The lowest BCUT2D eigenvalue weighted by Crippen LogP contribution is -2.12. The van der Waals surface area contributed by atoms with Crippen LogP contribution < -0.4 is 5.43 Å². The monoisotopic (exact) mass is 326 g/mol. The summed E-state index contributed by atoms with van der Waals surface area (Å²) in [6.07, 6.45) is 5.92. The first kappa shape index (κ1) is 14.0. The van der Waals surface area contributed by atoms with Gasteiger partial charge < -0.3 is 9.51 Å². The third kappa shape index (κ3) is 2.01. The lowest BCUT2D eigenvalue weighted by atomic mass is 10.0. The molecule has 2 aromatic carbocycles. The standard InChI is InChI=1S/C21H14N2O2/c24-15-9-17-16-5-1-2-6-19(16)23-12-14(8-13-4-3-7-22-11-13)21(25)18(10-15)20(17)23/h1-7,9-12,24H,8H2. The molecule has 0 aliphatic carbocycles. The fourth-order valence-electron chi connectivity index (χ4n) is 3.66. The number of phenolic OH excluding ortho intramolecular Hbond substituents is 1. The van der Waals surface area contributed by atoms with E-state index in [1.165, 1.54) is 0 Å². The Morgan fingerprint density at radius 2 is 1.84 bits per heavy atom. The van der Waals surface area contributed by atoms with Gasteiger partial charge in [-0.1, -0.05) is 24.3 Å². The maximum atomic E-state index is 13.0. The van der Waals surface area contributed by atoms with Crippen molar-refractivity contribution in [2.24, 2.45) is 0 Å². The van der Waals surface area contributed by atoms with Gasteiger partial charge in [-0.3, -0.25) is 9.78 Å². The third-order valence-corrected chi connectivity index (χ3v) is 4.73. The first-order chi connectivity index (χ1) is 12.2. The molecular formula is C21H14N2O2. The van der Waals surface area contributed by atoms with Gasteiger partial charge in [0.25, 0.3) is 0 Å². The molecule has 0 spiro atoms. The zero-order valence-electron chi connectivity index (χ0n) is 13.3. The molecule has 3 aromatic heterocycles. The second-order valence-electron chi connectivity index (χ2n) is 6.30. The molecule has 5 aromatic rings. The predicted molar refractivity (Wildman–Crippen MR) is 98.6 cm³/mol. The van der Waals surface area contributed by atoms with Crippen molar-refractivity contribution < 1.29 is 5.11 Å². The summed E-state index contributed by atoms with van der Waals surface area (Å²) in [7, 11) is 0. The highest BCUT2D eigenvalue weighted by Crippen LogP contribution is 2.33. The number of phenols is 1. The Kier molecular flexibility index (Phi) is 2.82. The van der Waals surface area contributed by atoms with Crippen LogP contribution in [0.1, 0.15) is 11.1 Å². The van der Waals surface area contributed by atoms with Crippen molar-refractivity contribution in [2.75, 3.05) is 0 Å². The lowest BCUT2D eigenvalue weighted by molar-refractivity contribution is 0.477. The molecule has 25 heavy (non-hydrogen) atoms. The fraction of sp³-hybridized carbons (Fsp3) is 0.0476. The number of nitrogens with zero attached hydrogens (tertiary/aromatic N) is 2. The summed E-state index contributed by atoms with van der Waals surface area (Å²) in [5.41, 5.74) is 3.52. The number of hydrogen-bond acceptors (Lipinski definition) is 3. The predicted octanol–water partition coefficient (Wildman–Crippen LogP) is 3.74. The summed E-state index contributed by atoms with van der Waals surface area (Å²) in [4.78, 5) is 17.2. The van der Waals surface area contributed by atoms with Gasteiger partial charge in [0.2, 0.25) is 0 Å². The van der Waals surface area contributed by atoms with Gasteiger partial charge in [0.05, 0.1) is 16.4 Å². The summed E-state index contributed by atoms with van der Waals surface area (Å²) in [6.45, 7) is 0. The number of rotatable bonds is 2. The summed E-state index contributed by atoms with van der Waals surface area (Å²) < 4.78 is 2.06. The zero-order chi connectivity index (χ0) is 17.0. The van der Waals surface area contributed by atoms with E-state index in [4.69, 9.17) is 0 Å². The molecule has 1 N–H and O–H groups in total. The van der Waals surface area contributed by atoms with Crippen LogP contribution in [0.3, 0.4) is 0 Å². The Morgan fingerprint density at radius 3 is 2.68 bits per heavy atom. The Labute approximate surface area is 142 Å². The van der Waals surface area contributed by atoms with Crippen molar-refractivity contribution in [1.29, 1.82) is 0 Å². The van der Waals surface area contributed by atoms with Crippen LogP contribution in [-0.4, -0.2) is 14.5 Å². The van der Waals surface area contributed by atoms with Crippen molar-refractivity contribution >= 4 is 27.2 Å². The molecular weight excluding hydrogens is 312 g/mol. The molecule has 0 fully saturated rings. The molecule has 5 rings (SSSR count). The second-order valence-corrected chi connectivity index (χ2v) is 6.30. The lowest BCUT2D eigenvalue weighted by Gasteiger charge is -2.07. The van der Waals surface area contributed by atoms with Crippen LogP contribution in [0.4, 0.5) is 0 Å². The first-order valence-electron chi connectivity index (χ1n) is 8.12. The van der Waals surface area contributed by atoms with Gasteiger partial charge in [0.15, 0.2) is 5.43 Å². The van der Waals surface area contributed by atoms with E-state index in [1.807, 2.05) is 42.6 Å². The van der Waals surface area contributed by atoms with E-state index in [-0.39, 0.29) is 11.2 Å². The summed E-state index contributed by atoms with van der Waals surface area (Å²) in [5, 5.41) is 12.6. The van der Waals surface area contributed by atoms with E-state index in [2.05, 4.69) is 9.38 Å². The van der Waals surface area contributed by atoms with Gasteiger partial charge >= 0.3 is 0 Å². The van der Waals surface area contributed by atoms with Gasteiger partial charge in [-0.2, -0.15) is 0 Å². The molecule has 0 bridgehead atoms. The zero-order valence-corrected chi connectivity index (χ0v) is 13.3. The topological polar surface area (TPSA) is 54.6 Å². The van der Waals surface area contributed by atoms with Crippen molar-refractivity contribution in [1.82, 2.24) is 9.38 Å². The first-order valence-corrected chi connectivity index (χ1v) is 8.12. The van der Waals surface area contributed by atoms with E-state index in [0.717, 1.165) is 27.4 Å².